The fraction of sp³-hybridized carbons (Fsp3) is 0.455. The lowest BCUT2D eigenvalue weighted by Gasteiger charge is -2.39. The van der Waals surface area contributed by atoms with Crippen LogP contribution in [-0.4, -0.2) is 82.1 Å². The maximum Gasteiger partial charge on any atom is 0.283 e. The molecule has 1 amide bonds. The zero-order chi connectivity index (χ0) is 23.2. The van der Waals surface area contributed by atoms with Gasteiger partial charge in [0.2, 0.25) is 0 Å². The van der Waals surface area contributed by atoms with Crippen LogP contribution in [0.25, 0.3) is 10.3 Å². The number of halogens is 2. The molecule has 33 heavy (non-hydrogen) atoms. The lowest BCUT2D eigenvalue weighted by Crippen LogP contribution is -2.47. The number of aromatic nitrogens is 3. The third-order valence-electron chi connectivity index (χ3n) is 6.44. The van der Waals surface area contributed by atoms with Crippen LogP contribution in [-0.2, 0) is 5.60 Å². The molecule has 5 rings (SSSR count). The average Bonchev–Trinajstić information content (AvgIpc) is 3.24. The number of aliphatic hydroxyl groups is 1. The molecule has 0 aliphatic carbocycles. The van der Waals surface area contributed by atoms with Crippen LogP contribution in [0.4, 0.5) is 14.6 Å². The lowest BCUT2D eigenvalue weighted by atomic mass is 9.84. The van der Waals surface area contributed by atoms with Gasteiger partial charge in [0.1, 0.15) is 28.3 Å². The van der Waals surface area contributed by atoms with E-state index in [1.54, 1.807) is 0 Å². The molecule has 2 aliphatic heterocycles. The quantitative estimate of drug-likeness (QED) is 0.623. The van der Waals surface area contributed by atoms with E-state index in [1.807, 2.05) is 16.8 Å². The van der Waals surface area contributed by atoms with Crippen molar-refractivity contribution < 1.29 is 18.7 Å². The molecule has 2 fully saturated rings. The van der Waals surface area contributed by atoms with Crippen LogP contribution >= 0.6 is 11.3 Å². The summed E-state index contributed by atoms with van der Waals surface area (Å²) in [4.78, 5) is 32.8. The number of amides is 1. The summed E-state index contributed by atoms with van der Waals surface area (Å²) >= 11 is 1.25. The number of rotatable bonds is 3. The Morgan fingerprint density at radius 1 is 1.03 bits per heavy atom. The molecule has 0 saturated carbocycles. The van der Waals surface area contributed by atoms with Crippen molar-refractivity contribution in [3.8, 4) is 0 Å². The molecule has 0 atom stereocenters. The summed E-state index contributed by atoms with van der Waals surface area (Å²) in [6.45, 7) is 3.81. The van der Waals surface area contributed by atoms with Gasteiger partial charge >= 0.3 is 0 Å². The molecule has 0 unspecified atom stereocenters. The monoisotopic (exact) mass is 474 g/mol. The summed E-state index contributed by atoms with van der Waals surface area (Å²) in [5, 5.41) is 11.4. The predicted octanol–water partition coefficient (Wildman–Crippen LogP) is 2.24. The van der Waals surface area contributed by atoms with E-state index in [0.717, 1.165) is 19.2 Å². The molecule has 8 nitrogen and oxygen atoms in total. The third kappa shape index (κ3) is 4.28. The minimum atomic E-state index is -1.32. The Hall–Kier alpha value is -2.76. The molecule has 3 aromatic rings. The molecule has 2 aliphatic rings. The third-order valence-corrected chi connectivity index (χ3v) is 7.39. The Bertz CT molecular complexity index is 1170. The van der Waals surface area contributed by atoms with E-state index in [4.69, 9.17) is 0 Å². The van der Waals surface area contributed by atoms with E-state index in [0.29, 0.717) is 47.4 Å². The number of fused-ring (bicyclic) bond motifs is 1. The highest BCUT2D eigenvalue weighted by atomic mass is 32.1. The largest absolute Gasteiger partial charge is 0.385 e. The topological polar surface area (TPSA) is 85.7 Å². The van der Waals surface area contributed by atoms with Gasteiger partial charge in [0.25, 0.3) is 5.91 Å². The first kappa shape index (κ1) is 22.1. The number of benzene rings is 1. The highest BCUT2D eigenvalue weighted by Crippen LogP contribution is 2.36. The molecule has 1 N–H and O–H groups in total. The zero-order valence-electron chi connectivity index (χ0n) is 18.2. The number of anilines is 1. The van der Waals surface area contributed by atoms with Crippen molar-refractivity contribution in [1.29, 1.82) is 0 Å². The van der Waals surface area contributed by atoms with Crippen molar-refractivity contribution in [2.45, 2.75) is 18.4 Å². The van der Waals surface area contributed by atoms with Gasteiger partial charge in [-0.3, -0.25) is 4.79 Å². The van der Waals surface area contributed by atoms with Crippen LogP contribution in [0, 0.1) is 11.6 Å². The van der Waals surface area contributed by atoms with Gasteiger partial charge in [-0.2, -0.15) is 0 Å². The number of hydrogen-bond donors (Lipinski definition) is 1. The Balaban J connectivity index is 1.36. The van der Waals surface area contributed by atoms with E-state index < -0.39 is 17.2 Å². The number of thiazole rings is 1. The average molecular weight is 475 g/mol. The molecule has 174 valence electrons. The Kier molecular flexibility index (Phi) is 5.71. The number of piperidine rings is 1. The van der Waals surface area contributed by atoms with E-state index in [9.17, 15) is 18.7 Å². The molecule has 1 aromatic carbocycles. The smallest absolute Gasteiger partial charge is 0.283 e. The summed E-state index contributed by atoms with van der Waals surface area (Å²) < 4.78 is 27.3. The number of carbonyl (C=O) groups excluding carboxylic acids is 1. The van der Waals surface area contributed by atoms with Gasteiger partial charge in [0.15, 0.2) is 10.8 Å². The Morgan fingerprint density at radius 3 is 2.36 bits per heavy atom. The summed E-state index contributed by atoms with van der Waals surface area (Å²) in [6.07, 6.45) is 2.00. The van der Waals surface area contributed by atoms with Gasteiger partial charge in [-0.25, -0.2) is 23.7 Å². The van der Waals surface area contributed by atoms with Crippen LogP contribution in [0.2, 0.25) is 0 Å². The van der Waals surface area contributed by atoms with Gasteiger partial charge in [0, 0.05) is 45.3 Å². The van der Waals surface area contributed by atoms with Crippen LogP contribution in [0.3, 0.4) is 0 Å². The summed E-state index contributed by atoms with van der Waals surface area (Å²) in [7, 11) is 2.03. The van der Waals surface area contributed by atoms with Crippen LogP contribution in [0.5, 0.6) is 0 Å². The van der Waals surface area contributed by atoms with Crippen molar-refractivity contribution >= 4 is 33.4 Å². The predicted molar refractivity (Wildman–Crippen MR) is 120 cm³/mol. The molecular weight excluding hydrogens is 450 g/mol. The zero-order valence-corrected chi connectivity index (χ0v) is 19.0. The summed E-state index contributed by atoms with van der Waals surface area (Å²) in [5.41, 5.74) is -0.528. The van der Waals surface area contributed by atoms with E-state index >= 15 is 0 Å². The van der Waals surface area contributed by atoms with Crippen molar-refractivity contribution in [3.63, 3.8) is 0 Å². The highest BCUT2D eigenvalue weighted by molar-refractivity contribution is 7.19. The first-order chi connectivity index (χ1) is 15.8. The van der Waals surface area contributed by atoms with Crippen molar-refractivity contribution in [1.82, 2.24) is 24.8 Å². The van der Waals surface area contributed by atoms with Crippen molar-refractivity contribution in [2.75, 3.05) is 51.2 Å². The van der Waals surface area contributed by atoms with E-state index in [1.165, 1.54) is 29.8 Å². The minimum Gasteiger partial charge on any atom is -0.385 e. The van der Waals surface area contributed by atoms with E-state index in [2.05, 4.69) is 19.9 Å². The number of piperazine rings is 1. The van der Waals surface area contributed by atoms with Gasteiger partial charge < -0.3 is 19.8 Å². The van der Waals surface area contributed by atoms with Crippen molar-refractivity contribution in [2.24, 2.45) is 0 Å². The normalized spacial score (nSPS) is 19.3. The Labute approximate surface area is 193 Å². The maximum atomic E-state index is 13.7. The Morgan fingerprint density at radius 2 is 1.70 bits per heavy atom. The van der Waals surface area contributed by atoms with Gasteiger partial charge in [-0.1, -0.05) is 11.3 Å². The maximum absolute atomic E-state index is 13.7. The second-order valence-electron chi connectivity index (χ2n) is 8.64. The second kappa shape index (κ2) is 8.54. The van der Waals surface area contributed by atoms with Crippen LogP contribution in [0.15, 0.2) is 24.5 Å². The van der Waals surface area contributed by atoms with Gasteiger partial charge in [0.05, 0.1) is 5.60 Å². The second-order valence-corrected chi connectivity index (χ2v) is 9.62. The fourth-order valence-corrected chi connectivity index (χ4v) is 5.28. The number of nitrogens with zero attached hydrogens (tertiary/aromatic N) is 6. The lowest BCUT2D eigenvalue weighted by molar-refractivity contribution is 0.0111. The molecule has 0 bridgehead atoms. The van der Waals surface area contributed by atoms with E-state index in [-0.39, 0.29) is 24.3 Å². The molecule has 4 heterocycles. The minimum absolute atomic E-state index is 0.0989. The van der Waals surface area contributed by atoms with Crippen LogP contribution in [0.1, 0.15) is 28.2 Å². The van der Waals surface area contributed by atoms with Crippen LogP contribution < -0.4 is 4.90 Å². The van der Waals surface area contributed by atoms with Gasteiger partial charge in [-0.05, 0) is 37.6 Å². The molecule has 0 radical (unpaired) electrons. The molecule has 11 heteroatoms. The molecule has 0 spiro atoms. The van der Waals surface area contributed by atoms with Crippen molar-refractivity contribution in [3.05, 3.63) is 46.7 Å². The molecule has 2 saturated heterocycles. The summed E-state index contributed by atoms with van der Waals surface area (Å²) in [6, 6.07) is 3.15. The first-order valence-corrected chi connectivity index (χ1v) is 11.7. The fourth-order valence-electron chi connectivity index (χ4n) is 4.41. The number of hydrogen-bond acceptors (Lipinski definition) is 8. The summed E-state index contributed by atoms with van der Waals surface area (Å²) in [5.74, 6) is -0.920. The molecular formula is C22H24F2N6O2S. The molecule has 2 aromatic heterocycles. The standard InChI is InChI=1S/C22H24F2N6O2S/c1-28-6-8-30(9-7-28)21(31)20-27-17-18(25-13-26-19(17)33-20)29-4-2-22(32,3-5-29)14-10-15(23)12-16(24)11-14/h10-13,32H,2-9H2,1H3. The number of likely N-dealkylation sites (N-methyl/N-ethyl adjacent to an activating group) is 1. The SMILES string of the molecule is CN1CCN(C(=O)c2nc3c(N4CCC(O)(c5cc(F)cc(F)c5)CC4)ncnc3s2)CC1. The highest BCUT2D eigenvalue weighted by Gasteiger charge is 2.36. The number of carbonyl (C=O) groups is 1. The first-order valence-electron chi connectivity index (χ1n) is 10.9. The van der Waals surface area contributed by atoms with Gasteiger partial charge in [-0.15, -0.1) is 0 Å².